The Kier molecular flexibility index (Phi) is 4.19. The highest BCUT2D eigenvalue weighted by Crippen LogP contribution is 2.30. The number of fused-ring (bicyclic) bond motifs is 1. The van der Waals surface area contributed by atoms with Crippen molar-refractivity contribution in [2.75, 3.05) is 33.7 Å². The zero-order chi connectivity index (χ0) is 14.8. The maximum atomic E-state index is 6.11. The molecule has 2 atom stereocenters. The van der Waals surface area contributed by atoms with Crippen LogP contribution in [0.1, 0.15) is 18.0 Å². The Hall–Kier alpha value is -1.49. The third-order valence-electron chi connectivity index (χ3n) is 4.65. The molecule has 4 nitrogen and oxygen atoms in total. The van der Waals surface area contributed by atoms with Gasteiger partial charge in [0.25, 0.3) is 0 Å². The molecule has 0 amide bonds. The van der Waals surface area contributed by atoms with Gasteiger partial charge in [-0.2, -0.15) is 0 Å². The van der Waals surface area contributed by atoms with Crippen LogP contribution in [0.3, 0.4) is 0 Å². The molecule has 1 aromatic heterocycles. The van der Waals surface area contributed by atoms with Crippen LogP contribution in [-0.2, 0) is 0 Å². The number of benzene rings is 1. The van der Waals surface area contributed by atoms with Crippen molar-refractivity contribution in [2.45, 2.75) is 18.5 Å². The SMILES string of the molecule is CN(C)C1CCN(C(CN)c2cncc3ccccc23)C1. The summed E-state index contributed by atoms with van der Waals surface area (Å²) in [4.78, 5) is 9.24. The Morgan fingerprint density at radius 1 is 1.33 bits per heavy atom. The number of hydrogen-bond donors (Lipinski definition) is 1. The highest BCUT2D eigenvalue weighted by molar-refractivity contribution is 5.85. The molecular weight excluding hydrogens is 260 g/mol. The lowest BCUT2D eigenvalue weighted by Gasteiger charge is -2.28. The lowest BCUT2D eigenvalue weighted by Crippen LogP contribution is -2.36. The Morgan fingerprint density at radius 3 is 2.86 bits per heavy atom. The van der Waals surface area contributed by atoms with Crippen molar-refractivity contribution in [1.82, 2.24) is 14.8 Å². The smallest absolute Gasteiger partial charge is 0.0492 e. The summed E-state index contributed by atoms with van der Waals surface area (Å²) in [6, 6.07) is 9.32. The van der Waals surface area contributed by atoms with Crippen molar-refractivity contribution >= 4 is 10.8 Å². The number of nitrogens with two attached hydrogens (primary N) is 1. The first-order valence-electron chi connectivity index (χ1n) is 7.64. The van der Waals surface area contributed by atoms with Crippen LogP contribution in [-0.4, -0.2) is 54.6 Å². The molecule has 0 radical (unpaired) electrons. The molecule has 3 rings (SSSR count). The lowest BCUT2D eigenvalue weighted by atomic mass is 10.0. The number of likely N-dealkylation sites (tertiary alicyclic amines) is 1. The van der Waals surface area contributed by atoms with Gasteiger partial charge in [-0.15, -0.1) is 0 Å². The molecule has 0 spiro atoms. The summed E-state index contributed by atoms with van der Waals surface area (Å²) in [5.41, 5.74) is 7.37. The molecule has 2 unspecified atom stereocenters. The van der Waals surface area contributed by atoms with E-state index in [1.54, 1.807) is 0 Å². The zero-order valence-corrected chi connectivity index (χ0v) is 12.9. The fourth-order valence-electron chi connectivity index (χ4n) is 3.35. The minimum Gasteiger partial charge on any atom is -0.329 e. The van der Waals surface area contributed by atoms with Crippen LogP contribution >= 0.6 is 0 Å². The van der Waals surface area contributed by atoms with Gasteiger partial charge >= 0.3 is 0 Å². The Bertz CT molecular complexity index is 605. The third-order valence-corrected chi connectivity index (χ3v) is 4.65. The molecule has 0 bridgehead atoms. The molecule has 112 valence electrons. The van der Waals surface area contributed by atoms with E-state index >= 15 is 0 Å². The van der Waals surface area contributed by atoms with Crippen LogP contribution in [0.2, 0.25) is 0 Å². The first-order valence-corrected chi connectivity index (χ1v) is 7.64. The summed E-state index contributed by atoms with van der Waals surface area (Å²) in [5, 5.41) is 2.47. The van der Waals surface area contributed by atoms with Crippen LogP contribution in [0.4, 0.5) is 0 Å². The van der Waals surface area contributed by atoms with Gasteiger partial charge in [-0.25, -0.2) is 0 Å². The maximum Gasteiger partial charge on any atom is 0.0492 e. The van der Waals surface area contributed by atoms with Gasteiger partial charge in [0.05, 0.1) is 0 Å². The molecule has 0 aliphatic carbocycles. The second kappa shape index (κ2) is 6.10. The first-order chi connectivity index (χ1) is 10.2. The van der Waals surface area contributed by atoms with Crippen LogP contribution in [0.15, 0.2) is 36.7 Å². The van der Waals surface area contributed by atoms with Crippen molar-refractivity contribution in [2.24, 2.45) is 5.73 Å². The fourth-order valence-corrected chi connectivity index (χ4v) is 3.35. The van der Waals surface area contributed by atoms with Gasteiger partial charge in [0.1, 0.15) is 0 Å². The van der Waals surface area contributed by atoms with E-state index in [1.807, 2.05) is 12.4 Å². The molecule has 21 heavy (non-hydrogen) atoms. The van der Waals surface area contributed by atoms with Gasteiger partial charge in [0.15, 0.2) is 0 Å². The molecule has 2 aromatic rings. The van der Waals surface area contributed by atoms with Crippen LogP contribution in [0.5, 0.6) is 0 Å². The van der Waals surface area contributed by atoms with E-state index in [-0.39, 0.29) is 6.04 Å². The quantitative estimate of drug-likeness (QED) is 0.931. The van der Waals surface area contributed by atoms with E-state index in [9.17, 15) is 0 Å². The van der Waals surface area contributed by atoms with E-state index in [1.165, 1.54) is 22.8 Å². The molecule has 1 aromatic carbocycles. The van der Waals surface area contributed by atoms with Crippen molar-refractivity contribution in [3.05, 3.63) is 42.2 Å². The summed E-state index contributed by atoms with van der Waals surface area (Å²) < 4.78 is 0. The normalized spacial score (nSPS) is 21.2. The van der Waals surface area contributed by atoms with Crippen LogP contribution in [0, 0.1) is 0 Å². The van der Waals surface area contributed by atoms with E-state index in [0.29, 0.717) is 12.6 Å². The van der Waals surface area contributed by atoms with Gasteiger partial charge in [-0.05, 0) is 31.5 Å². The van der Waals surface area contributed by atoms with E-state index in [4.69, 9.17) is 5.73 Å². The van der Waals surface area contributed by atoms with Gasteiger partial charge in [-0.1, -0.05) is 24.3 Å². The second-order valence-electron chi connectivity index (χ2n) is 6.10. The highest BCUT2D eigenvalue weighted by atomic mass is 15.3. The van der Waals surface area contributed by atoms with E-state index in [0.717, 1.165) is 13.1 Å². The number of likely N-dealkylation sites (N-methyl/N-ethyl adjacent to an activating group) is 1. The van der Waals surface area contributed by atoms with Crippen LogP contribution in [0.25, 0.3) is 10.8 Å². The topological polar surface area (TPSA) is 45.4 Å². The average Bonchev–Trinajstić information content (AvgIpc) is 2.98. The van der Waals surface area contributed by atoms with Gasteiger partial charge < -0.3 is 10.6 Å². The fraction of sp³-hybridized carbons (Fsp3) is 0.471. The van der Waals surface area contributed by atoms with Crippen molar-refractivity contribution in [1.29, 1.82) is 0 Å². The zero-order valence-electron chi connectivity index (χ0n) is 12.9. The summed E-state index contributed by atoms with van der Waals surface area (Å²) in [6.07, 6.45) is 5.13. The van der Waals surface area contributed by atoms with E-state index in [2.05, 4.69) is 53.1 Å². The van der Waals surface area contributed by atoms with E-state index < -0.39 is 0 Å². The minimum atomic E-state index is 0.258. The summed E-state index contributed by atoms with van der Waals surface area (Å²) in [5.74, 6) is 0. The maximum absolute atomic E-state index is 6.11. The number of rotatable bonds is 4. The number of pyridine rings is 1. The van der Waals surface area contributed by atoms with Crippen molar-refractivity contribution < 1.29 is 0 Å². The van der Waals surface area contributed by atoms with Crippen molar-refractivity contribution in [3.8, 4) is 0 Å². The Labute approximate surface area is 126 Å². The van der Waals surface area contributed by atoms with Gasteiger partial charge in [0, 0.05) is 49.5 Å². The predicted octanol–water partition coefficient (Wildman–Crippen LogP) is 1.87. The minimum absolute atomic E-state index is 0.258. The number of aromatic nitrogens is 1. The largest absolute Gasteiger partial charge is 0.329 e. The third kappa shape index (κ3) is 2.79. The summed E-state index contributed by atoms with van der Waals surface area (Å²) in [6.45, 7) is 2.82. The monoisotopic (exact) mass is 284 g/mol. The Morgan fingerprint density at radius 2 is 2.14 bits per heavy atom. The number of hydrogen-bond acceptors (Lipinski definition) is 4. The molecule has 0 saturated carbocycles. The second-order valence-corrected chi connectivity index (χ2v) is 6.10. The first kappa shape index (κ1) is 14.4. The molecular formula is C17H24N4. The molecule has 1 fully saturated rings. The predicted molar refractivity (Wildman–Crippen MR) is 87.2 cm³/mol. The lowest BCUT2D eigenvalue weighted by molar-refractivity contribution is 0.221. The van der Waals surface area contributed by atoms with Crippen LogP contribution < -0.4 is 5.73 Å². The molecule has 1 aliphatic rings. The number of nitrogens with zero attached hydrogens (tertiary/aromatic N) is 3. The molecule has 1 aliphatic heterocycles. The molecule has 1 saturated heterocycles. The molecule has 4 heteroatoms. The van der Waals surface area contributed by atoms with Gasteiger partial charge in [0.2, 0.25) is 0 Å². The molecule has 2 N–H and O–H groups in total. The summed E-state index contributed by atoms with van der Waals surface area (Å²) >= 11 is 0. The Balaban J connectivity index is 1.92. The average molecular weight is 284 g/mol. The summed E-state index contributed by atoms with van der Waals surface area (Å²) in [7, 11) is 4.32. The van der Waals surface area contributed by atoms with Gasteiger partial charge in [-0.3, -0.25) is 9.88 Å². The highest BCUT2D eigenvalue weighted by Gasteiger charge is 2.30. The molecule has 2 heterocycles. The standard InChI is InChI=1S/C17H24N4/c1-20(2)14-7-8-21(12-14)17(9-18)16-11-19-10-13-5-3-4-6-15(13)16/h3-6,10-11,14,17H,7-9,12,18H2,1-2H3. The van der Waals surface area contributed by atoms with Crippen molar-refractivity contribution in [3.63, 3.8) is 0 Å².